The highest BCUT2D eigenvalue weighted by atomic mass is 16.7. The summed E-state index contributed by atoms with van der Waals surface area (Å²) in [7, 11) is 1.60. The number of carbonyl (C=O) groups is 1. The molecular weight excluding hydrogens is 360 g/mol. The van der Waals surface area contributed by atoms with Crippen LogP contribution in [-0.2, 0) is 11.3 Å². The molecule has 0 radical (unpaired) electrons. The Morgan fingerprint density at radius 3 is 2.61 bits per heavy atom. The van der Waals surface area contributed by atoms with Crippen LogP contribution >= 0.6 is 0 Å². The summed E-state index contributed by atoms with van der Waals surface area (Å²) in [6, 6.07) is 13.3. The highest BCUT2D eigenvalue weighted by Crippen LogP contribution is 2.32. The van der Waals surface area contributed by atoms with Crippen molar-refractivity contribution in [3.8, 4) is 23.0 Å². The molecule has 0 bridgehead atoms. The van der Waals surface area contributed by atoms with Crippen molar-refractivity contribution in [1.29, 1.82) is 0 Å². The maximum Gasteiger partial charge on any atom is 0.260 e. The number of nitrogens with zero attached hydrogens (tertiary/aromatic N) is 2. The van der Waals surface area contributed by atoms with Gasteiger partial charge >= 0.3 is 0 Å². The molecule has 2 heterocycles. The third-order valence-corrected chi connectivity index (χ3v) is 4.97. The number of carbonyl (C=O) groups excluding carboxylic acids is 1. The van der Waals surface area contributed by atoms with Gasteiger partial charge in [-0.25, -0.2) is 0 Å². The van der Waals surface area contributed by atoms with Crippen LogP contribution in [0.2, 0.25) is 0 Å². The van der Waals surface area contributed by atoms with E-state index < -0.39 is 0 Å². The second-order valence-electron chi connectivity index (χ2n) is 6.81. The Hall–Kier alpha value is -2.93. The van der Waals surface area contributed by atoms with Crippen molar-refractivity contribution < 1.29 is 23.7 Å². The summed E-state index contributed by atoms with van der Waals surface area (Å²) in [6.07, 6.45) is 0. The Labute approximate surface area is 164 Å². The van der Waals surface area contributed by atoms with Crippen LogP contribution in [0.5, 0.6) is 23.0 Å². The smallest absolute Gasteiger partial charge is 0.260 e. The molecule has 0 spiro atoms. The van der Waals surface area contributed by atoms with Crippen molar-refractivity contribution in [3.05, 3.63) is 48.0 Å². The largest absolute Gasteiger partial charge is 0.497 e. The van der Waals surface area contributed by atoms with Gasteiger partial charge in [-0.2, -0.15) is 0 Å². The van der Waals surface area contributed by atoms with Gasteiger partial charge in [0.1, 0.15) is 11.5 Å². The quantitative estimate of drug-likeness (QED) is 0.761. The predicted octanol–water partition coefficient (Wildman–Crippen LogP) is 2.15. The number of benzene rings is 2. The van der Waals surface area contributed by atoms with Crippen LogP contribution in [0.4, 0.5) is 0 Å². The van der Waals surface area contributed by atoms with Gasteiger partial charge in [0, 0.05) is 38.8 Å². The molecule has 0 saturated carbocycles. The maximum absolute atomic E-state index is 12.4. The van der Waals surface area contributed by atoms with E-state index in [0.29, 0.717) is 24.6 Å². The first-order chi connectivity index (χ1) is 13.7. The Balaban J connectivity index is 1.23. The maximum atomic E-state index is 12.4. The van der Waals surface area contributed by atoms with E-state index in [9.17, 15) is 4.79 Å². The van der Waals surface area contributed by atoms with Crippen LogP contribution in [0, 0.1) is 0 Å². The Morgan fingerprint density at radius 2 is 1.79 bits per heavy atom. The summed E-state index contributed by atoms with van der Waals surface area (Å²) in [4.78, 5) is 16.6. The van der Waals surface area contributed by atoms with Gasteiger partial charge in [-0.3, -0.25) is 9.69 Å². The van der Waals surface area contributed by atoms with Crippen LogP contribution < -0.4 is 18.9 Å². The zero-order chi connectivity index (χ0) is 19.3. The fraction of sp³-hybridized carbons (Fsp3) is 0.381. The molecular formula is C21H24N2O5. The van der Waals surface area contributed by atoms with E-state index in [-0.39, 0.29) is 19.3 Å². The lowest BCUT2D eigenvalue weighted by Crippen LogP contribution is -2.49. The van der Waals surface area contributed by atoms with Gasteiger partial charge in [0.15, 0.2) is 18.1 Å². The van der Waals surface area contributed by atoms with E-state index in [0.717, 1.165) is 31.1 Å². The summed E-state index contributed by atoms with van der Waals surface area (Å²) < 4.78 is 21.6. The molecule has 0 atom stereocenters. The molecule has 0 unspecified atom stereocenters. The highest BCUT2D eigenvalue weighted by molar-refractivity contribution is 5.77. The van der Waals surface area contributed by atoms with Crippen molar-refractivity contribution >= 4 is 5.91 Å². The van der Waals surface area contributed by atoms with Gasteiger partial charge in [-0.1, -0.05) is 12.1 Å². The first-order valence-corrected chi connectivity index (χ1v) is 9.37. The van der Waals surface area contributed by atoms with Gasteiger partial charge < -0.3 is 23.8 Å². The molecule has 148 valence electrons. The summed E-state index contributed by atoms with van der Waals surface area (Å²) in [5.41, 5.74) is 1.19. The first-order valence-electron chi connectivity index (χ1n) is 9.37. The molecule has 7 heteroatoms. The molecule has 0 aromatic heterocycles. The second-order valence-corrected chi connectivity index (χ2v) is 6.81. The lowest BCUT2D eigenvalue weighted by Gasteiger charge is -2.34. The summed E-state index contributed by atoms with van der Waals surface area (Å²) in [5, 5.41) is 0. The number of ether oxygens (including phenoxy) is 4. The van der Waals surface area contributed by atoms with Crippen molar-refractivity contribution in [1.82, 2.24) is 9.80 Å². The number of piperazine rings is 1. The van der Waals surface area contributed by atoms with Gasteiger partial charge in [0.05, 0.1) is 7.11 Å². The topological polar surface area (TPSA) is 60.5 Å². The SMILES string of the molecule is COc1cccc(OCC(=O)N2CCN(Cc3ccc4c(c3)OCO4)CC2)c1. The number of hydrogen-bond acceptors (Lipinski definition) is 6. The number of methoxy groups -OCH3 is 1. The molecule has 7 nitrogen and oxygen atoms in total. The van der Waals surface area contributed by atoms with Gasteiger partial charge in [-0.05, 0) is 29.8 Å². The van der Waals surface area contributed by atoms with E-state index in [1.54, 1.807) is 13.2 Å². The predicted molar refractivity (Wildman–Crippen MR) is 103 cm³/mol. The number of fused-ring (bicyclic) bond motifs is 1. The van der Waals surface area contributed by atoms with Crippen LogP contribution in [0.25, 0.3) is 0 Å². The third-order valence-electron chi connectivity index (χ3n) is 4.97. The molecule has 1 amide bonds. The fourth-order valence-electron chi connectivity index (χ4n) is 3.38. The Bertz CT molecular complexity index is 833. The second kappa shape index (κ2) is 8.39. The van der Waals surface area contributed by atoms with E-state index in [1.165, 1.54) is 5.56 Å². The normalized spacial score (nSPS) is 16.1. The van der Waals surface area contributed by atoms with Crippen LogP contribution in [0.15, 0.2) is 42.5 Å². The minimum atomic E-state index is 0.00514. The van der Waals surface area contributed by atoms with E-state index in [4.69, 9.17) is 18.9 Å². The van der Waals surface area contributed by atoms with Crippen LogP contribution in [-0.4, -0.2) is 62.4 Å². The number of rotatable bonds is 6. The lowest BCUT2D eigenvalue weighted by atomic mass is 10.1. The first kappa shape index (κ1) is 18.4. The average Bonchev–Trinajstić information content (AvgIpc) is 3.20. The molecule has 0 N–H and O–H groups in total. The molecule has 2 aromatic rings. The highest BCUT2D eigenvalue weighted by Gasteiger charge is 2.22. The zero-order valence-corrected chi connectivity index (χ0v) is 15.9. The third kappa shape index (κ3) is 4.31. The summed E-state index contributed by atoms with van der Waals surface area (Å²) in [5.74, 6) is 2.96. The number of hydrogen-bond donors (Lipinski definition) is 0. The fourth-order valence-corrected chi connectivity index (χ4v) is 3.38. The van der Waals surface area contributed by atoms with Crippen molar-refractivity contribution in [2.75, 3.05) is 46.7 Å². The van der Waals surface area contributed by atoms with Crippen molar-refractivity contribution in [2.45, 2.75) is 6.54 Å². The molecule has 2 aliphatic rings. The molecule has 0 aliphatic carbocycles. The van der Waals surface area contributed by atoms with Gasteiger partial charge in [0.2, 0.25) is 6.79 Å². The van der Waals surface area contributed by atoms with Gasteiger partial charge in [-0.15, -0.1) is 0 Å². The molecule has 2 aromatic carbocycles. The minimum Gasteiger partial charge on any atom is -0.497 e. The molecule has 28 heavy (non-hydrogen) atoms. The minimum absolute atomic E-state index is 0.00514. The number of amides is 1. The Morgan fingerprint density at radius 1 is 1.00 bits per heavy atom. The van der Waals surface area contributed by atoms with Gasteiger partial charge in [0.25, 0.3) is 5.91 Å². The van der Waals surface area contributed by atoms with Crippen LogP contribution in [0.3, 0.4) is 0 Å². The Kier molecular flexibility index (Phi) is 5.53. The van der Waals surface area contributed by atoms with Crippen molar-refractivity contribution in [3.63, 3.8) is 0 Å². The standard InChI is InChI=1S/C21H24N2O5/c1-25-17-3-2-4-18(12-17)26-14-21(24)23-9-7-22(8-10-23)13-16-5-6-19-20(11-16)28-15-27-19/h2-6,11-12H,7-10,13-15H2,1H3. The molecule has 4 rings (SSSR count). The van der Waals surface area contributed by atoms with E-state index in [2.05, 4.69) is 11.0 Å². The van der Waals surface area contributed by atoms with Crippen LogP contribution in [0.1, 0.15) is 5.56 Å². The average molecular weight is 384 g/mol. The summed E-state index contributed by atoms with van der Waals surface area (Å²) >= 11 is 0. The molecule has 1 fully saturated rings. The summed E-state index contributed by atoms with van der Waals surface area (Å²) in [6.45, 7) is 4.22. The van der Waals surface area contributed by atoms with Crippen molar-refractivity contribution in [2.24, 2.45) is 0 Å². The van der Waals surface area contributed by atoms with E-state index in [1.807, 2.05) is 35.2 Å². The zero-order valence-electron chi connectivity index (χ0n) is 15.9. The lowest BCUT2D eigenvalue weighted by molar-refractivity contribution is -0.135. The van der Waals surface area contributed by atoms with E-state index >= 15 is 0 Å². The monoisotopic (exact) mass is 384 g/mol. The molecule has 2 aliphatic heterocycles. The molecule has 1 saturated heterocycles.